The molecule has 0 bridgehead atoms. The van der Waals surface area contributed by atoms with E-state index in [9.17, 15) is 9.59 Å². The highest BCUT2D eigenvalue weighted by molar-refractivity contribution is 6.14. The predicted molar refractivity (Wildman–Crippen MR) is 109 cm³/mol. The van der Waals surface area contributed by atoms with Crippen molar-refractivity contribution in [2.75, 3.05) is 10.6 Å². The van der Waals surface area contributed by atoms with Crippen molar-refractivity contribution in [3.63, 3.8) is 0 Å². The van der Waals surface area contributed by atoms with E-state index in [1.54, 1.807) is 72.9 Å². The summed E-state index contributed by atoms with van der Waals surface area (Å²) < 4.78 is 5.32. The second-order valence-electron chi connectivity index (χ2n) is 6.09. The normalized spacial score (nSPS) is 10.3. The summed E-state index contributed by atoms with van der Waals surface area (Å²) in [6.07, 6.45) is 1.59. The van der Waals surface area contributed by atoms with Crippen LogP contribution in [-0.4, -0.2) is 22.0 Å². The summed E-state index contributed by atoms with van der Waals surface area (Å²) in [5.74, 6) is -0.933. The Bertz CT molecular complexity index is 1130. The van der Waals surface area contributed by atoms with Gasteiger partial charge in [0.25, 0.3) is 11.8 Å². The SMILES string of the molecule is O=C(Nc1onc(-c2ccccn2)c1C(=O)Nc1ccccc1)c1ccccc1. The summed E-state index contributed by atoms with van der Waals surface area (Å²) in [5.41, 5.74) is 1.82. The van der Waals surface area contributed by atoms with Gasteiger partial charge in [0.2, 0.25) is 5.88 Å². The second-order valence-corrected chi connectivity index (χ2v) is 6.09. The molecule has 7 nitrogen and oxygen atoms in total. The molecule has 0 atom stereocenters. The van der Waals surface area contributed by atoms with Crippen LogP contribution in [0.4, 0.5) is 11.6 Å². The summed E-state index contributed by atoms with van der Waals surface area (Å²) in [6, 6.07) is 22.8. The standard InChI is InChI=1S/C22H16N4O3/c27-20(15-9-3-1-4-10-15)25-22-18(21(28)24-16-11-5-2-6-12-16)19(26-29-22)17-13-7-8-14-23-17/h1-14H,(H,24,28)(H,25,27). The molecule has 0 aliphatic rings. The van der Waals surface area contributed by atoms with E-state index in [1.807, 2.05) is 12.1 Å². The summed E-state index contributed by atoms with van der Waals surface area (Å²) in [4.78, 5) is 29.8. The van der Waals surface area contributed by atoms with E-state index in [4.69, 9.17) is 4.52 Å². The zero-order valence-corrected chi connectivity index (χ0v) is 15.2. The molecular formula is C22H16N4O3. The number of pyridine rings is 1. The molecule has 0 aliphatic carbocycles. The lowest BCUT2D eigenvalue weighted by Gasteiger charge is -2.07. The van der Waals surface area contributed by atoms with Crippen LogP contribution in [0.5, 0.6) is 0 Å². The average Bonchev–Trinajstić information content (AvgIpc) is 3.19. The summed E-state index contributed by atoms with van der Waals surface area (Å²) in [7, 11) is 0. The number of anilines is 2. The highest BCUT2D eigenvalue weighted by Gasteiger charge is 2.26. The Hall–Kier alpha value is -4.26. The molecule has 0 radical (unpaired) electrons. The number of benzene rings is 2. The van der Waals surface area contributed by atoms with Gasteiger partial charge in [-0.05, 0) is 36.4 Å². The second kappa shape index (κ2) is 8.18. The third-order valence-corrected chi connectivity index (χ3v) is 4.12. The van der Waals surface area contributed by atoms with Crippen molar-refractivity contribution >= 4 is 23.4 Å². The number of hydrogen-bond acceptors (Lipinski definition) is 5. The van der Waals surface area contributed by atoms with Gasteiger partial charge in [0.1, 0.15) is 11.3 Å². The lowest BCUT2D eigenvalue weighted by Crippen LogP contribution is -2.17. The van der Waals surface area contributed by atoms with Crippen LogP contribution in [0.2, 0.25) is 0 Å². The molecule has 2 aromatic heterocycles. The van der Waals surface area contributed by atoms with Gasteiger partial charge in [-0.2, -0.15) is 0 Å². The quantitative estimate of drug-likeness (QED) is 0.536. The van der Waals surface area contributed by atoms with Crippen LogP contribution in [0.1, 0.15) is 20.7 Å². The largest absolute Gasteiger partial charge is 0.337 e. The van der Waals surface area contributed by atoms with Crippen molar-refractivity contribution in [3.8, 4) is 11.4 Å². The third kappa shape index (κ3) is 4.03. The molecule has 0 spiro atoms. The number of aromatic nitrogens is 2. The number of carbonyl (C=O) groups excluding carboxylic acids is 2. The number of para-hydroxylation sites is 1. The van der Waals surface area contributed by atoms with E-state index in [2.05, 4.69) is 20.8 Å². The van der Waals surface area contributed by atoms with E-state index in [0.29, 0.717) is 16.9 Å². The molecule has 4 rings (SSSR count). The fourth-order valence-electron chi connectivity index (χ4n) is 2.74. The van der Waals surface area contributed by atoms with Crippen LogP contribution in [0.25, 0.3) is 11.4 Å². The van der Waals surface area contributed by atoms with Crippen LogP contribution >= 0.6 is 0 Å². The Labute approximate surface area is 166 Å². The minimum Gasteiger partial charge on any atom is -0.337 e. The Morgan fingerprint density at radius 3 is 2.14 bits per heavy atom. The van der Waals surface area contributed by atoms with Crippen LogP contribution in [0.3, 0.4) is 0 Å². The molecule has 2 heterocycles. The first kappa shape index (κ1) is 18.1. The molecule has 2 amide bonds. The van der Waals surface area contributed by atoms with E-state index >= 15 is 0 Å². The number of nitrogens with one attached hydrogen (secondary N) is 2. The van der Waals surface area contributed by atoms with Crippen LogP contribution < -0.4 is 10.6 Å². The van der Waals surface area contributed by atoms with Crippen molar-refractivity contribution < 1.29 is 14.1 Å². The van der Waals surface area contributed by atoms with Crippen molar-refractivity contribution in [2.24, 2.45) is 0 Å². The first-order chi connectivity index (χ1) is 14.2. The monoisotopic (exact) mass is 384 g/mol. The van der Waals surface area contributed by atoms with Crippen molar-refractivity contribution in [3.05, 3.63) is 96.2 Å². The van der Waals surface area contributed by atoms with Crippen LogP contribution in [0, 0.1) is 0 Å². The maximum atomic E-state index is 13.0. The molecule has 0 saturated carbocycles. The Balaban J connectivity index is 1.70. The van der Waals surface area contributed by atoms with Gasteiger partial charge in [-0.1, -0.05) is 47.6 Å². The first-order valence-corrected chi connectivity index (χ1v) is 8.86. The Kier molecular flexibility index (Phi) is 5.11. The average molecular weight is 384 g/mol. The van der Waals surface area contributed by atoms with Gasteiger partial charge in [0.05, 0.1) is 5.69 Å². The van der Waals surface area contributed by atoms with E-state index in [0.717, 1.165) is 0 Å². The highest BCUT2D eigenvalue weighted by Crippen LogP contribution is 2.29. The third-order valence-electron chi connectivity index (χ3n) is 4.12. The van der Waals surface area contributed by atoms with E-state index in [-0.39, 0.29) is 17.1 Å². The number of nitrogens with zero attached hydrogens (tertiary/aromatic N) is 2. The minimum absolute atomic E-state index is 0.0482. The van der Waals surface area contributed by atoms with Crippen molar-refractivity contribution in [1.29, 1.82) is 0 Å². The summed E-state index contributed by atoms with van der Waals surface area (Å²) in [5, 5.41) is 9.40. The number of carbonyl (C=O) groups is 2. The first-order valence-electron chi connectivity index (χ1n) is 8.86. The smallest absolute Gasteiger partial charge is 0.263 e. The molecule has 2 N–H and O–H groups in total. The lowest BCUT2D eigenvalue weighted by atomic mass is 10.1. The van der Waals surface area contributed by atoms with Crippen molar-refractivity contribution in [1.82, 2.24) is 10.1 Å². The fraction of sp³-hybridized carbons (Fsp3) is 0. The van der Waals surface area contributed by atoms with Gasteiger partial charge in [0, 0.05) is 17.4 Å². The molecule has 4 aromatic rings. The summed E-state index contributed by atoms with van der Waals surface area (Å²) >= 11 is 0. The highest BCUT2D eigenvalue weighted by atomic mass is 16.5. The molecule has 142 valence electrons. The molecule has 7 heteroatoms. The molecule has 0 fully saturated rings. The van der Waals surface area contributed by atoms with Gasteiger partial charge in [-0.15, -0.1) is 0 Å². The zero-order valence-electron chi connectivity index (χ0n) is 15.2. The lowest BCUT2D eigenvalue weighted by molar-refractivity contribution is 0.102. The summed E-state index contributed by atoms with van der Waals surface area (Å²) in [6.45, 7) is 0. The Morgan fingerprint density at radius 2 is 1.45 bits per heavy atom. The maximum Gasteiger partial charge on any atom is 0.263 e. The van der Waals surface area contributed by atoms with E-state index < -0.39 is 11.8 Å². The van der Waals surface area contributed by atoms with Gasteiger partial charge in [0.15, 0.2) is 0 Å². The van der Waals surface area contributed by atoms with Gasteiger partial charge in [-0.25, -0.2) is 0 Å². The van der Waals surface area contributed by atoms with Crippen LogP contribution in [-0.2, 0) is 0 Å². The van der Waals surface area contributed by atoms with Gasteiger partial charge < -0.3 is 9.84 Å². The predicted octanol–water partition coefficient (Wildman–Crippen LogP) is 4.24. The number of hydrogen-bond donors (Lipinski definition) is 2. The van der Waals surface area contributed by atoms with Crippen LogP contribution in [0.15, 0.2) is 89.6 Å². The molecule has 0 saturated heterocycles. The number of amides is 2. The van der Waals surface area contributed by atoms with Gasteiger partial charge in [-0.3, -0.25) is 19.9 Å². The van der Waals surface area contributed by atoms with Crippen molar-refractivity contribution in [2.45, 2.75) is 0 Å². The van der Waals surface area contributed by atoms with E-state index in [1.165, 1.54) is 0 Å². The molecular weight excluding hydrogens is 368 g/mol. The number of rotatable bonds is 5. The Morgan fingerprint density at radius 1 is 0.759 bits per heavy atom. The molecule has 0 unspecified atom stereocenters. The van der Waals surface area contributed by atoms with Gasteiger partial charge >= 0.3 is 0 Å². The molecule has 2 aromatic carbocycles. The topological polar surface area (TPSA) is 97.1 Å². The maximum absolute atomic E-state index is 13.0. The molecule has 29 heavy (non-hydrogen) atoms. The fourth-order valence-corrected chi connectivity index (χ4v) is 2.74. The minimum atomic E-state index is -0.471. The molecule has 0 aliphatic heterocycles. The zero-order chi connectivity index (χ0) is 20.1.